The molecule has 0 aliphatic rings. The molecule has 0 bridgehead atoms. The first-order chi connectivity index (χ1) is 4.83. The lowest BCUT2D eigenvalue weighted by atomic mass is 9.74. The van der Waals surface area contributed by atoms with Crippen molar-refractivity contribution < 1.29 is 5.11 Å². The van der Waals surface area contributed by atoms with Gasteiger partial charge in [0.2, 0.25) is 0 Å². The summed E-state index contributed by atoms with van der Waals surface area (Å²) in [6.07, 6.45) is 2.27. The number of aliphatic hydroxyl groups excluding tert-OH is 1. The molecule has 0 radical (unpaired) electrons. The average molecular weight is 158 g/mol. The third-order valence-corrected chi connectivity index (χ3v) is 2.34. The Balaban J connectivity index is 4.02. The first-order valence-corrected chi connectivity index (χ1v) is 4.44. The first-order valence-electron chi connectivity index (χ1n) is 4.44. The summed E-state index contributed by atoms with van der Waals surface area (Å²) in [5.41, 5.74) is 0.450. The smallest absolute Gasteiger partial charge is 0.0482 e. The van der Waals surface area contributed by atoms with Gasteiger partial charge in [-0.2, -0.15) is 0 Å². The van der Waals surface area contributed by atoms with Crippen LogP contribution in [-0.4, -0.2) is 11.7 Å². The summed E-state index contributed by atoms with van der Waals surface area (Å²) < 4.78 is 0. The highest BCUT2D eigenvalue weighted by Gasteiger charge is 2.26. The van der Waals surface area contributed by atoms with E-state index < -0.39 is 0 Å². The van der Waals surface area contributed by atoms with Crippen molar-refractivity contribution in [1.82, 2.24) is 0 Å². The topological polar surface area (TPSA) is 20.2 Å². The molecule has 0 aromatic rings. The van der Waals surface area contributed by atoms with Gasteiger partial charge in [0.05, 0.1) is 0 Å². The fraction of sp³-hybridized carbons (Fsp3) is 1.00. The van der Waals surface area contributed by atoms with Gasteiger partial charge >= 0.3 is 0 Å². The van der Waals surface area contributed by atoms with Gasteiger partial charge in [-0.15, -0.1) is 0 Å². The Morgan fingerprint density at radius 2 is 1.45 bits per heavy atom. The SMILES string of the molecule is CCC(C)(C)CC(C)(C)CO. The molecule has 0 saturated heterocycles. The molecular weight excluding hydrogens is 136 g/mol. The zero-order valence-corrected chi connectivity index (χ0v) is 8.57. The van der Waals surface area contributed by atoms with Crippen molar-refractivity contribution in [1.29, 1.82) is 0 Å². The molecule has 0 spiro atoms. The van der Waals surface area contributed by atoms with E-state index in [1.807, 2.05) is 0 Å². The van der Waals surface area contributed by atoms with Crippen LogP contribution in [-0.2, 0) is 0 Å². The quantitative estimate of drug-likeness (QED) is 0.667. The van der Waals surface area contributed by atoms with Gasteiger partial charge in [0.1, 0.15) is 0 Å². The maximum Gasteiger partial charge on any atom is 0.0482 e. The van der Waals surface area contributed by atoms with Crippen LogP contribution in [0.1, 0.15) is 47.5 Å². The predicted octanol–water partition coefficient (Wildman–Crippen LogP) is 2.83. The van der Waals surface area contributed by atoms with E-state index in [4.69, 9.17) is 5.11 Å². The summed E-state index contributed by atoms with van der Waals surface area (Å²) >= 11 is 0. The molecule has 68 valence electrons. The van der Waals surface area contributed by atoms with E-state index >= 15 is 0 Å². The van der Waals surface area contributed by atoms with Gasteiger partial charge < -0.3 is 5.11 Å². The van der Waals surface area contributed by atoms with Crippen molar-refractivity contribution in [2.45, 2.75) is 47.5 Å². The second-order valence-corrected chi connectivity index (χ2v) is 5.02. The van der Waals surface area contributed by atoms with Gasteiger partial charge in [-0.05, 0) is 17.3 Å². The van der Waals surface area contributed by atoms with Crippen LogP contribution in [0.25, 0.3) is 0 Å². The van der Waals surface area contributed by atoms with Crippen LogP contribution in [0.4, 0.5) is 0 Å². The summed E-state index contributed by atoms with van der Waals surface area (Å²) in [7, 11) is 0. The molecule has 0 aromatic heterocycles. The Morgan fingerprint density at radius 3 is 1.73 bits per heavy atom. The number of rotatable bonds is 4. The lowest BCUT2D eigenvalue weighted by molar-refractivity contribution is 0.101. The summed E-state index contributed by atoms with van der Waals surface area (Å²) in [6, 6.07) is 0. The molecule has 0 saturated carbocycles. The van der Waals surface area contributed by atoms with Gasteiger partial charge in [-0.3, -0.25) is 0 Å². The largest absolute Gasteiger partial charge is 0.396 e. The van der Waals surface area contributed by atoms with Crippen LogP contribution < -0.4 is 0 Å². The van der Waals surface area contributed by atoms with Gasteiger partial charge in [-0.1, -0.05) is 41.0 Å². The average Bonchev–Trinajstić information content (AvgIpc) is 1.86. The van der Waals surface area contributed by atoms with E-state index in [9.17, 15) is 0 Å². The second-order valence-electron chi connectivity index (χ2n) is 5.02. The third kappa shape index (κ3) is 4.41. The summed E-state index contributed by atoms with van der Waals surface area (Å²) in [5.74, 6) is 0. The van der Waals surface area contributed by atoms with Gasteiger partial charge in [-0.25, -0.2) is 0 Å². The fourth-order valence-corrected chi connectivity index (χ4v) is 1.48. The molecule has 0 heterocycles. The molecule has 0 aromatic carbocycles. The highest BCUT2D eigenvalue weighted by Crippen LogP contribution is 2.35. The van der Waals surface area contributed by atoms with Crippen LogP contribution in [0.5, 0.6) is 0 Å². The standard InChI is InChI=1S/C10H22O/c1-6-9(2,3)7-10(4,5)8-11/h11H,6-8H2,1-5H3. The van der Waals surface area contributed by atoms with Crippen LogP contribution in [0.3, 0.4) is 0 Å². The molecule has 0 atom stereocenters. The highest BCUT2D eigenvalue weighted by molar-refractivity contribution is 4.77. The van der Waals surface area contributed by atoms with Crippen LogP contribution in [0, 0.1) is 10.8 Å². The molecular formula is C10H22O. The maximum absolute atomic E-state index is 9.05. The van der Waals surface area contributed by atoms with E-state index in [1.54, 1.807) is 0 Å². The van der Waals surface area contributed by atoms with Crippen molar-refractivity contribution in [2.24, 2.45) is 10.8 Å². The molecule has 1 N–H and O–H groups in total. The second kappa shape index (κ2) is 3.57. The van der Waals surface area contributed by atoms with E-state index in [1.165, 1.54) is 6.42 Å². The van der Waals surface area contributed by atoms with Crippen molar-refractivity contribution in [3.05, 3.63) is 0 Å². The molecule has 0 amide bonds. The Labute approximate surface area is 70.8 Å². The zero-order chi connectivity index (χ0) is 9.12. The highest BCUT2D eigenvalue weighted by atomic mass is 16.3. The molecule has 0 aliphatic carbocycles. The lowest BCUT2D eigenvalue weighted by Gasteiger charge is -2.32. The van der Waals surface area contributed by atoms with E-state index in [0.717, 1.165) is 6.42 Å². The monoisotopic (exact) mass is 158 g/mol. The fourth-order valence-electron chi connectivity index (χ4n) is 1.48. The molecule has 0 aliphatic heterocycles. The first kappa shape index (κ1) is 11.0. The van der Waals surface area contributed by atoms with Crippen molar-refractivity contribution >= 4 is 0 Å². The molecule has 1 nitrogen and oxygen atoms in total. The van der Waals surface area contributed by atoms with Gasteiger partial charge in [0, 0.05) is 6.61 Å². The Morgan fingerprint density at radius 1 is 1.00 bits per heavy atom. The van der Waals surface area contributed by atoms with Crippen LogP contribution in [0.2, 0.25) is 0 Å². The molecule has 0 rings (SSSR count). The minimum atomic E-state index is 0.0828. The molecule has 1 heteroatoms. The van der Waals surface area contributed by atoms with Crippen molar-refractivity contribution in [3.63, 3.8) is 0 Å². The zero-order valence-electron chi connectivity index (χ0n) is 8.57. The van der Waals surface area contributed by atoms with E-state index in [-0.39, 0.29) is 12.0 Å². The Kier molecular flexibility index (Phi) is 3.56. The van der Waals surface area contributed by atoms with Crippen LogP contribution in [0.15, 0.2) is 0 Å². The molecule has 0 fully saturated rings. The van der Waals surface area contributed by atoms with Gasteiger partial charge in [0.15, 0.2) is 0 Å². The lowest BCUT2D eigenvalue weighted by Crippen LogP contribution is -2.25. The van der Waals surface area contributed by atoms with Gasteiger partial charge in [0.25, 0.3) is 0 Å². The number of hydrogen-bond donors (Lipinski definition) is 1. The summed E-state index contributed by atoms with van der Waals surface area (Å²) in [4.78, 5) is 0. The normalized spacial score (nSPS) is 13.6. The van der Waals surface area contributed by atoms with Crippen molar-refractivity contribution in [3.8, 4) is 0 Å². The van der Waals surface area contributed by atoms with E-state index in [0.29, 0.717) is 5.41 Å². The molecule has 11 heavy (non-hydrogen) atoms. The van der Waals surface area contributed by atoms with Crippen LogP contribution >= 0.6 is 0 Å². The minimum absolute atomic E-state index is 0.0828. The number of aliphatic hydroxyl groups is 1. The van der Waals surface area contributed by atoms with Crippen molar-refractivity contribution in [2.75, 3.05) is 6.61 Å². The maximum atomic E-state index is 9.05. The third-order valence-electron chi connectivity index (χ3n) is 2.34. The summed E-state index contributed by atoms with van der Waals surface area (Å²) in [6.45, 7) is 11.2. The molecule has 0 unspecified atom stereocenters. The summed E-state index contributed by atoms with van der Waals surface area (Å²) in [5, 5.41) is 9.05. The Hall–Kier alpha value is -0.0400. The predicted molar refractivity (Wildman–Crippen MR) is 49.6 cm³/mol. The number of hydrogen-bond acceptors (Lipinski definition) is 1. The van der Waals surface area contributed by atoms with E-state index in [2.05, 4.69) is 34.6 Å². The Bertz CT molecular complexity index is 100. The minimum Gasteiger partial charge on any atom is -0.396 e.